The van der Waals surface area contributed by atoms with Gasteiger partial charge < -0.3 is 14.6 Å². The Hall–Kier alpha value is -3.08. The van der Waals surface area contributed by atoms with E-state index in [9.17, 15) is 9.59 Å². The average molecular weight is 362 g/mol. The zero-order valence-electron chi connectivity index (χ0n) is 15.5. The molecule has 3 aromatic rings. The highest BCUT2D eigenvalue weighted by molar-refractivity contribution is 5.97. The maximum atomic E-state index is 12.6. The molecule has 2 aromatic carbocycles. The third-order valence-corrected chi connectivity index (χ3v) is 5.00. The van der Waals surface area contributed by atoms with Gasteiger partial charge in [-0.25, -0.2) is 0 Å². The first kappa shape index (κ1) is 17.3. The first-order valence-electron chi connectivity index (χ1n) is 9.13. The molecule has 0 spiro atoms. The van der Waals surface area contributed by atoms with Gasteiger partial charge in [-0.3, -0.25) is 9.59 Å². The summed E-state index contributed by atoms with van der Waals surface area (Å²) in [5, 5.41) is 4.00. The van der Waals surface area contributed by atoms with Crippen molar-refractivity contribution in [2.75, 3.05) is 11.4 Å². The summed E-state index contributed by atoms with van der Waals surface area (Å²) in [6.45, 7) is 4.55. The van der Waals surface area contributed by atoms with Gasteiger partial charge in [-0.05, 0) is 43.2 Å². The fraction of sp³-hybridized carbons (Fsp3) is 0.273. The predicted octanol–water partition coefficient (Wildman–Crippen LogP) is 3.51. The number of benzene rings is 2. The van der Waals surface area contributed by atoms with E-state index in [1.54, 1.807) is 11.2 Å². The summed E-state index contributed by atoms with van der Waals surface area (Å²) in [5.74, 6) is -0.0584. The molecule has 1 N–H and O–H groups in total. The number of hydrogen-bond donors (Lipinski definition) is 1. The Morgan fingerprint density at radius 3 is 2.78 bits per heavy atom. The van der Waals surface area contributed by atoms with Crippen molar-refractivity contribution in [2.45, 2.75) is 32.7 Å². The van der Waals surface area contributed by atoms with E-state index in [0.29, 0.717) is 13.0 Å². The average Bonchev–Trinajstić information content (AvgIpc) is 3.19. The zero-order chi connectivity index (χ0) is 19.0. The molecule has 0 bridgehead atoms. The first-order chi connectivity index (χ1) is 13.0. The summed E-state index contributed by atoms with van der Waals surface area (Å²) in [4.78, 5) is 26.6. The van der Waals surface area contributed by atoms with Gasteiger partial charge in [0.05, 0.1) is 18.7 Å². The Kier molecular flexibility index (Phi) is 4.44. The van der Waals surface area contributed by atoms with Crippen LogP contribution in [0.4, 0.5) is 5.69 Å². The molecule has 0 aliphatic carbocycles. The number of nitrogens with one attached hydrogen (secondary N) is 1. The second kappa shape index (κ2) is 6.91. The van der Waals surface area contributed by atoms with E-state index in [1.165, 1.54) is 0 Å². The number of anilines is 1. The SMILES string of the molecule is Cc1cc(C)c2c(CC(=O)N[C@H]3CC(=O)N(c4ccccc4)C3)coc2c1. The minimum atomic E-state index is -0.174. The molecule has 1 aromatic heterocycles. The van der Waals surface area contributed by atoms with E-state index >= 15 is 0 Å². The van der Waals surface area contributed by atoms with E-state index in [0.717, 1.165) is 33.3 Å². The molecule has 1 aliphatic heterocycles. The van der Waals surface area contributed by atoms with Crippen molar-refractivity contribution in [3.63, 3.8) is 0 Å². The van der Waals surface area contributed by atoms with Gasteiger partial charge >= 0.3 is 0 Å². The van der Waals surface area contributed by atoms with E-state index in [1.807, 2.05) is 50.2 Å². The third-order valence-electron chi connectivity index (χ3n) is 5.00. The summed E-state index contributed by atoms with van der Waals surface area (Å²) in [5.41, 5.74) is 4.79. The number of nitrogens with zero attached hydrogens (tertiary/aromatic N) is 1. The van der Waals surface area contributed by atoms with Crippen LogP contribution in [0.25, 0.3) is 11.0 Å². The van der Waals surface area contributed by atoms with Gasteiger partial charge in [0.25, 0.3) is 0 Å². The minimum Gasteiger partial charge on any atom is -0.464 e. The van der Waals surface area contributed by atoms with Crippen molar-refractivity contribution < 1.29 is 14.0 Å². The molecule has 1 fully saturated rings. The zero-order valence-corrected chi connectivity index (χ0v) is 15.5. The second-order valence-corrected chi connectivity index (χ2v) is 7.20. The van der Waals surface area contributed by atoms with Crippen molar-refractivity contribution in [2.24, 2.45) is 0 Å². The van der Waals surface area contributed by atoms with Crippen molar-refractivity contribution >= 4 is 28.5 Å². The fourth-order valence-corrected chi connectivity index (χ4v) is 3.87. The van der Waals surface area contributed by atoms with Gasteiger partial charge in [-0.15, -0.1) is 0 Å². The highest BCUT2D eigenvalue weighted by Crippen LogP contribution is 2.27. The van der Waals surface area contributed by atoms with Gasteiger partial charge in [0.15, 0.2) is 0 Å². The van der Waals surface area contributed by atoms with E-state index in [4.69, 9.17) is 4.42 Å². The highest BCUT2D eigenvalue weighted by Gasteiger charge is 2.31. The molecular formula is C22H22N2O3. The number of fused-ring (bicyclic) bond motifs is 1. The number of carbonyl (C=O) groups excluding carboxylic acids is 2. The van der Waals surface area contributed by atoms with Crippen LogP contribution in [0.1, 0.15) is 23.1 Å². The van der Waals surface area contributed by atoms with Crippen LogP contribution in [0.3, 0.4) is 0 Å². The van der Waals surface area contributed by atoms with Crippen LogP contribution >= 0.6 is 0 Å². The molecule has 1 saturated heterocycles. The molecule has 5 heteroatoms. The van der Waals surface area contributed by atoms with Gasteiger partial charge in [0, 0.05) is 29.6 Å². The highest BCUT2D eigenvalue weighted by atomic mass is 16.3. The summed E-state index contributed by atoms with van der Waals surface area (Å²) in [6.07, 6.45) is 2.23. The van der Waals surface area contributed by atoms with Gasteiger partial charge in [-0.1, -0.05) is 24.3 Å². The Bertz CT molecular complexity index is 1010. The lowest BCUT2D eigenvalue weighted by molar-refractivity contribution is -0.121. The van der Waals surface area contributed by atoms with Crippen LogP contribution < -0.4 is 10.2 Å². The van der Waals surface area contributed by atoms with Gasteiger partial charge in [-0.2, -0.15) is 0 Å². The Balaban J connectivity index is 1.44. The van der Waals surface area contributed by atoms with Crippen LogP contribution in [-0.2, 0) is 16.0 Å². The van der Waals surface area contributed by atoms with Gasteiger partial charge in [0.2, 0.25) is 11.8 Å². The van der Waals surface area contributed by atoms with Gasteiger partial charge in [0.1, 0.15) is 5.58 Å². The monoisotopic (exact) mass is 362 g/mol. The van der Waals surface area contributed by atoms with Crippen LogP contribution in [0.15, 0.2) is 53.1 Å². The number of rotatable bonds is 4. The molecule has 0 unspecified atom stereocenters. The fourth-order valence-electron chi connectivity index (χ4n) is 3.87. The van der Waals surface area contributed by atoms with Crippen LogP contribution in [0.5, 0.6) is 0 Å². The molecule has 1 atom stereocenters. The number of hydrogen-bond acceptors (Lipinski definition) is 3. The summed E-state index contributed by atoms with van der Waals surface area (Å²) < 4.78 is 5.63. The summed E-state index contributed by atoms with van der Waals surface area (Å²) in [6, 6.07) is 13.4. The van der Waals surface area contributed by atoms with E-state index in [2.05, 4.69) is 11.4 Å². The standard InChI is InChI=1S/C22H22N2O3/c1-14-8-15(2)22-16(13-27-19(22)9-14)10-20(25)23-17-11-21(26)24(12-17)18-6-4-3-5-7-18/h3-9,13,17H,10-12H2,1-2H3,(H,23,25)/t17-/m0/s1. The Labute approximate surface area is 158 Å². The number of para-hydroxylation sites is 1. The van der Waals surface area contributed by atoms with Crippen molar-refractivity contribution in [3.8, 4) is 0 Å². The topological polar surface area (TPSA) is 62.6 Å². The quantitative estimate of drug-likeness (QED) is 0.772. The maximum absolute atomic E-state index is 12.6. The molecular weight excluding hydrogens is 340 g/mol. The summed E-state index contributed by atoms with van der Waals surface area (Å²) in [7, 11) is 0. The Morgan fingerprint density at radius 1 is 1.22 bits per heavy atom. The smallest absolute Gasteiger partial charge is 0.229 e. The first-order valence-corrected chi connectivity index (χ1v) is 9.13. The minimum absolute atomic E-state index is 0.0339. The molecule has 0 radical (unpaired) electrons. The molecule has 2 heterocycles. The lowest BCUT2D eigenvalue weighted by atomic mass is 10.0. The number of carbonyl (C=O) groups is 2. The molecule has 5 nitrogen and oxygen atoms in total. The Morgan fingerprint density at radius 2 is 2.00 bits per heavy atom. The lowest BCUT2D eigenvalue weighted by Gasteiger charge is -2.17. The molecule has 2 amide bonds. The van der Waals surface area contributed by atoms with Crippen LogP contribution in [0.2, 0.25) is 0 Å². The lowest BCUT2D eigenvalue weighted by Crippen LogP contribution is -2.38. The normalized spacial score (nSPS) is 16.9. The van der Waals surface area contributed by atoms with Crippen molar-refractivity contribution in [1.29, 1.82) is 0 Å². The van der Waals surface area contributed by atoms with E-state index in [-0.39, 0.29) is 24.3 Å². The van der Waals surface area contributed by atoms with Crippen LogP contribution in [0, 0.1) is 13.8 Å². The number of amides is 2. The second-order valence-electron chi connectivity index (χ2n) is 7.20. The number of furan rings is 1. The molecule has 138 valence electrons. The predicted molar refractivity (Wildman–Crippen MR) is 105 cm³/mol. The largest absolute Gasteiger partial charge is 0.464 e. The van der Waals surface area contributed by atoms with Crippen LogP contribution in [-0.4, -0.2) is 24.4 Å². The maximum Gasteiger partial charge on any atom is 0.229 e. The van der Waals surface area contributed by atoms with E-state index < -0.39 is 0 Å². The van der Waals surface area contributed by atoms with Crippen molar-refractivity contribution in [3.05, 3.63) is 65.4 Å². The molecule has 0 saturated carbocycles. The third kappa shape index (κ3) is 3.45. The number of aryl methyl sites for hydroxylation is 2. The molecule has 27 heavy (non-hydrogen) atoms. The summed E-state index contributed by atoms with van der Waals surface area (Å²) >= 11 is 0. The molecule has 1 aliphatic rings. The molecule has 4 rings (SSSR count). The van der Waals surface area contributed by atoms with Crippen molar-refractivity contribution in [1.82, 2.24) is 5.32 Å².